The zero-order chi connectivity index (χ0) is 26.6. The molecule has 0 aliphatic carbocycles. The maximum atomic E-state index is 13.5. The molecule has 0 spiro atoms. The van der Waals surface area contributed by atoms with Crippen molar-refractivity contribution in [2.75, 3.05) is 26.8 Å². The number of benzene rings is 2. The molecular weight excluding hydrogens is 491 g/mol. The predicted molar refractivity (Wildman–Crippen MR) is 137 cm³/mol. The Morgan fingerprint density at radius 3 is 2.63 bits per heavy atom. The molecule has 2 aromatic heterocycles. The molecule has 38 heavy (non-hydrogen) atoms. The number of pyridine rings is 1. The molecule has 1 atom stereocenters. The Balaban J connectivity index is 1.54. The van der Waals surface area contributed by atoms with E-state index < -0.39 is 6.04 Å². The lowest BCUT2D eigenvalue weighted by molar-refractivity contribution is -0.149. The third-order valence-electron chi connectivity index (χ3n) is 6.94. The summed E-state index contributed by atoms with van der Waals surface area (Å²) in [5.41, 5.74) is 1.70. The maximum absolute atomic E-state index is 13.5. The second-order valence-electron chi connectivity index (χ2n) is 9.29. The van der Waals surface area contributed by atoms with Crippen LogP contribution in [0.3, 0.4) is 0 Å². The fraction of sp³-hybridized carbons (Fsp3) is 0.370. The van der Waals surface area contributed by atoms with E-state index in [4.69, 9.17) is 9.47 Å². The molecule has 4 aromatic rings. The van der Waals surface area contributed by atoms with E-state index in [1.54, 1.807) is 36.9 Å². The molecule has 1 N–H and O–H groups in total. The third kappa shape index (κ3) is 5.28. The maximum Gasteiger partial charge on any atom is 0.309 e. The lowest BCUT2D eigenvalue weighted by Gasteiger charge is -2.36. The molecule has 1 fully saturated rings. The van der Waals surface area contributed by atoms with Gasteiger partial charge in [-0.1, -0.05) is 12.1 Å². The number of halogens is 1. The molecule has 1 aliphatic rings. The first-order chi connectivity index (χ1) is 18.5. The van der Waals surface area contributed by atoms with Gasteiger partial charge in [0.15, 0.2) is 5.82 Å². The van der Waals surface area contributed by atoms with Crippen molar-refractivity contribution in [3.63, 3.8) is 0 Å². The lowest BCUT2D eigenvalue weighted by atomic mass is 9.94. The van der Waals surface area contributed by atoms with Crippen LogP contribution in [0.15, 0.2) is 53.3 Å². The van der Waals surface area contributed by atoms with E-state index in [1.807, 2.05) is 18.2 Å². The number of methoxy groups -OCH3 is 1. The zero-order valence-electron chi connectivity index (χ0n) is 21.3. The summed E-state index contributed by atoms with van der Waals surface area (Å²) >= 11 is 0. The molecule has 11 heteroatoms. The highest BCUT2D eigenvalue weighted by molar-refractivity contribution is 5.80. The Labute approximate surface area is 218 Å². The number of hydrogen-bond donors (Lipinski definition) is 1. The van der Waals surface area contributed by atoms with Crippen LogP contribution in [-0.2, 0) is 16.1 Å². The highest BCUT2D eigenvalue weighted by atomic mass is 19.1. The van der Waals surface area contributed by atoms with Crippen molar-refractivity contribution in [2.24, 2.45) is 5.92 Å². The van der Waals surface area contributed by atoms with Gasteiger partial charge in [-0.3, -0.25) is 14.5 Å². The van der Waals surface area contributed by atoms with Gasteiger partial charge in [0.05, 0.1) is 31.7 Å². The molecule has 1 aliphatic heterocycles. The van der Waals surface area contributed by atoms with Crippen molar-refractivity contribution in [3.05, 3.63) is 81.7 Å². The Morgan fingerprint density at radius 1 is 1.16 bits per heavy atom. The Morgan fingerprint density at radius 2 is 1.92 bits per heavy atom. The van der Waals surface area contributed by atoms with Gasteiger partial charge in [-0.2, -0.15) is 0 Å². The van der Waals surface area contributed by atoms with Gasteiger partial charge < -0.3 is 14.5 Å². The van der Waals surface area contributed by atoms with Gasteiger partial charge in [0.2, 0.25) is 0 Å². The van der Waals surface area contributed by atoms with Crippen LogP contribution in [0.2, 0.25) is 0 Å². The predicted octanol–water partition coefficient (Wildman–Crippen LogP) is 3.08. The Kier molecular flexibility index (Phi) is 7.45. The van der Waals surface area contributed by atoms with Gasteiger partial charge in [0, 0.05) is 24.7 Å². The monoisotopic (exact) mass is 520 g/mol. The summed E-state index contributed by atoms with van der Waals surface area (Å²) in [7, 11) is 1.57. The number of nitrogens with one attached hydrogen (secondary N) is 1. The normalized spacial score (nSPS) is 15.4. The van der Waals surface area contributed by atoms with Crippen LogP contribution in [0, 0.1) is 11.7 Å². The largest absolute Gasteiger partial charge is 0.497 e. The van der Waals surface area contributed by atoms with Crippen LogP contribution in [-0.4, -0.2) is 62.9 Å². The molecule has 10 nitrogen and oxygen atoms in total. The number of ether oxygens (including phenoxy) is 2. The average molecular weight is 521 g/mol. The van der Waals surface area contributed by atoms with Gasteiger partial charge in [-0.05, 0) is 71.5 Å². The van der Waals surface area contributed by atoms with E-state index in [0.717, 1.165) is 10.9 Å². The summed E-state index contributed by atoms with van der Waals surface area (Å²) in [6.45, 7) is 3.55. The molecule has 1 saturated heterocycles. The zero-order valence-corrected chi connectivity index (χ0v) is 21.3. The van der Waals surface area contributed by atoms with Crippen LogP contribution in [0.1, 0.15) is 42.8 Å². The van der Waals surface area contributed by atoms with Gasteiger partial charge in [-0.25, -0.2) is 9.07 Å². The van der Waals surface area contributed by atoms with Crippen LogP contribution in [0.25, 0.3) is 10.9 Å². The highest BCUT2D eigenvalue weighted by Crippen LogP contribution is 2.32. The fourth-order valence-electron chi connectivity index (χ4n) is 4.96. The summed E-state index contributed by atoms with van der Waals surface area (Å²) in [5.74, 6) is 0.420. The number of rotatable bonds is 8. The van der Waals surface area contributed by atoms with Crippen LogP contribution < -0.4 is 10.3 Å². The molecule has 0 amide bonds. The summed E-state index contributed by atoms with van der Waals surface area (Å²) in [6, 6.07) is 12.9. The summed E-state index contributed by atoms with van der Waals surface area (Å²) in [4.78, 5) is 30.9. The minimum Gasteiger partial charge on any atom is -0.497 e. The molecule has 3 heterocycles. The number of piperidine rings is 1. The number of tetrazole rings is 1. The van der Waals surface area contributed by atoms with Gasteiger partial charge in [0.25, 0.3) is 5.56 Å². The van der Waals surface area contributed by atoms with Crippen molar-refractivity contribution in [1.29, 1.82) is 0 Å². The molecule has 5 rings (SSSR count). The van der Waals surface area contributed by atoms with E-state index in [-0.39, 0.29) is 23.3 Å². The molecule has 0 saturated carbocycles. The average Bonchev–Trinajstić information content (AvgIpc) is 3.38. The summed E-state index contributed by atoms with van der Waals surface area (Å²) in [5, 5.41) is 13.3. The molecule has 0 bridgehead atoms. The second kappa shape index (κ2) is 11.1. The van der Waals surface area contributed by atoms with E-state index in [0.29, 0.717) is 61.7 Å². The van der Waals surface area contributed by atoms with Crippen molar-refractivity contribution < 1.29 is 18.7 Å². The molecular formula is C27H29FN6O4. The first-order valence-corrected chi connectivity index (χ1v) is 12.6. The quantitative estimate of drug-likeness (QED) is 0.353. The highest BCUT2D eigenvalue weighted by Gasteiger charge is 2.35. The second-order valence-corrected chi connectivity index (χ2v) is 9.29. The minimum absolute atomic E-state index is 0.190. The molecule has 198 valence electrons. The number of fused-ring (bicyclic) bond motifs is 1. The number of H-pyrrole nitrogens is 1. The molecule has 0 radical (unpaired) electrons. The number of carbonyl (C=O) groups excluding carboxylic acids is 1. The SMILES string of the molecule is CCOC(=O)C1CCN(C(c2cc3ccc(OC)cc3[nH]c2=O)c2nnnn2Cc2ccc(F)cc2)CC1. The number of aromatic nitrogens is 5. The van der Waals surface area contributed by atoms with E-state index >= 15 is 0 Å². The molecule has 2 aromatic carbocycles. The number of likely N-dealkylation sites (tertiary alicyclic amines) is 1. The lowest BCUT2D eigenvalue weighted by Crippen LogP contribution is -2.42. The first kappa shape index (κ1) is 25.5. The third-order valence-corrected chi connectivity index (χ3v) is 6.94. The summed E-state index contributed by atoms with van der Waals surface area (Å²) in [6.07, 6.45) is 1.19. The molecule has 1 unspecified atom stereocenters. The van der Waals surface area contributed by atoms with E-state index in [9.17, 15) is 14.0 Å². The standard InChI is InChI=1S/C27H29FN6O4/c1-3-38-27(36)18-10-12-33(13-11-18)24(22-14-19-6-9-21(37-2)15-23(19)29-26(22)35)25-30-31-32-34(25)16-17-4-7-20(28)8-5-17/h4-9,14-15,18,24H,3,10-13,16H2,1-2H3,(H,29,35). The number of aromatic amines is 1. The van der Waals surface area contributed by atoms with Crippen molar-refractivity contribution in [3.8, 4) is 5.75 Å². The van der Waals surface area contributed by atoms with Gasteiger partial charge >= 0.3 is 5.97 Å². The van der Waals surface area contributed by atoms with Gasteiger partial charge in [0.1, 0.15) is 17.6 Å². The summed E-state index contributed by atoms with van der Waals surface area (Å²) < 4.78 is 25.6. The van der Waals surface area contributed by atoms with Crippen molar-refractivity contribution in [2.45, 2.75) is 32.4 Å². The van der Waals surface area contributed by atoms with Crippen molar-refractivity contribution in [1.82, 2.24) is 30.1 Å². The van der Waals surface area contributed by atoms with Crippen molar-refractivity contribution >= 4 is 16.9 Å². The van der Waals surface area contributed by atoms with Gasteiger partial charge in [-0.15, -0.1) is 5.10 Å². The Hall–Kier alpha value is -4.12. The van der Waals surface area contributed by atoms with Crippen LogP contribution >= 0.6 is 0 Å². The number of nitrogens with zero attached hydrogens (tertiary/aromatic N) is 5. The van der Waals surface area contributed by atoms with Crippen LogP contribution in [0.4, 0.5) is 4.39 Å². The smallest absolute Gasteiger partial charge is 0.309 e. The minimum atomic E-state index is -0.566. The first-order valence-electron chi connectivity index (χ1n) is 12.6. The van der Waals surface area contributed by atoms with E-state index in [1.165, 1.54) is 12.1 Å². The topological polar surface area (TPSA) is 115 Å². The Bertz CT molecular complexity index is 1480. The van der Waals surface area contributed by atoms with Crippen LogP contribution in [0.5, 0.6) is 5.75 Å². The number of carbonyl (C=O) groups is 1. The fourth-order valence-corrected chi connectivity index (χ4v) is 4.96. The number of esters is 1. The number of hydrogen-bond acceptors (Lipinski definition) is 8. The van der Waals surface area contributed by atoms with E-state index in [2.05, 4.69) is 25.4 Å².